The summed E-state index contributed by atoms with van der Waals surface area (Å²) in [5.74, 6) is 1.62. The van der Waals surface area contributed by atoms with E-state index in [2.05, 4.69) is 37.3 Å². The Bertz CT molecular complexity index is 663. The van der Waals surface area contributed by atoms with Crippen LogP contribution < -0.4 is 0 Å². The Morgan fingerprint density at radius 2 is 1.44 bits per heavy atom. The highest BCUT2D eigenvalue weighted by molar-refractivity contribution is 5.26. The standard InChI is InChI=1S/C24H31F/c1-18-7-13-22(14-8-18)23-15-11-20(12-16-23)5-3-4-6-21-10-9-19(2)24(25)17-21/h9-12,15-18,22H,3-8,13-14H2,1-2H3. The highest BCUT2D eigenvalue weighted by Crippen LogP contribution is 2.35. The Hall–Kier alpha value is -1.63. The van der Waals surface area contributed by atoms with E-state index in [0.29, 0.717) is 0 Å². The smallest absolute Gasteiger partial charge is 0.126 e. The molecule has 0 spiro atoms. The third kappa shape index (κ3) is 5.17. The minimum Gasteiger partial charge on any atom is -0.207 e. The van der Waals surface area contributed by atoms with E-state index in [1.807, 2.05) is 13.0 Å². The molecular formula is C24H31F. The molecule has 1 saturated carbocycles. The van der Waals surface area contributed by atoms with Crippen molar-refractivity contribution in [1.82, 2.24) is 0 Å². The largest absolute Gasteiger partial charge is 0.207 e. The van der Waals surface area contributed by atoms with E-state index >= 15 is 0 Å². The van der Waals surface area contributed by atoms with Gasteiger partial charge in [0.2, 0.25) is 0 Å². The van der Waals surface area contributed by atoms with Crippen molar-refractivity contribution in [3.63, 3.8) is 0 Å². The van der Waals surface area contributed by atoms with Gasteiger partial charge in [-0.15, -0.1) is 0 Å². The number of hydrogen-bond donors (Lipinski definition) is 0. The second-order valence-electron chi connectivity index (χ2n) is 7.99. The average Bonchev–Trinajstić information content (AvgIpc) is 2.63. The first kappa shape index (κ1) is 18.2. The number of hydrogen-bond acceptors (Lipinski definition) is 0. The first-order valence-electron chi connectivity index (χ1n) is 9.95. The zero-order valence-electron chi connectivity index (χ0n) is 15.7. The molecule has 25 heavy (non-hydrogen) atoms. The molecule has 2 aromatic carbocycles. The summed E-state index contributed by atoms with van der Waals surface area (Å²) in [6.45, 7) is 4.20. The SMILES string of the molecule is Cc1ccc(CCCCc2ccc(C3CCC(C)CC3)cc2)cc1F. The quantitative estimate of drug-likeness (QED) is 0.498. The summed E-state index contributed by atoms with van der Waals surface area (Å²) in [4.78, 5) is 0. The maximum absolute atomic E-state index is 13.6. The van der Waals surface area contributed by atoms with E-state index in [4.69, 9.17) is 0 Å². The Morgan fingerprint density at radius 1 is 0.840 bits per heavy atom. The monoisotopic (exact) mass is 338 g/mol. The molecule has 2 aromatic rings. The molecule has 0 N–H and O–H groups in total. The summed E-state index contributed by atoms with van der Waals surface area (Å²) in [6, 6.07) is 15.0. The van der Waals surface area contributed by atoms with Gasteiger partial charge in [0.25, 0.3) is 0 Å². The molecule has 0 saturated heterocycles. The first-order chi connectivity index (χ1) is 12.1. The molecule has 0 heterocycles. The lowest BCUT2D eigenvalue weighted by Crippen LogP contribution is -2.10. The zero-order chi connectivity index (χ0) is 17.6. The van der Waals surface area contributed by atoms with Crippen molar-refractivity contribution in [2.24, 2.45) is 5.92 Å². The number of benzene rings is 2. The van der Waals surface area contributed by atoms with Crippen LogP contribution >= 0.6 is 0 Å². The van der Waals surface area contributed by atoms with Gasteiger partial charge in [0, 0.05) is 0 Å². The normalized spacial score (nSPS) is 20.6. The molecule has 0 unspecified atom stereocenters. The summed E-state index contributed by atoms with van der Waals surface area (Å²) >= 11 is 0. The second kappa shape index (κ2) is 8.65. The van der Waals surface area contributed by atoms with Crippen molar-refractivity contribution in [2.45, 2.75) is 71.1 Å². The topological polar surface area (TPSA) is 0 Å². The fourth-order valence-corrected chi connectivity index (χ4v) is 4.00. The Balaban J connectivity index is 1.43. The van der Waals surface area contributed by atoms with Gasteiger partial charge in [-0.25, -0.2) is 4.39 Å². The van der Waals surface area contributed by atoms with Gasteiger partial charge < -0.3 is 0 Å². The van der Waals surface area contributed by atoms with Crippen LogP contribution in [0.3, 0.4) is 0 Å². The molecule has 134 valence electrons. The van der Waals surface area contributed by atoms with E-state index in [9.17, 15) is 4.39 Å². The number of rotatable bonds is 6. The Labute approximate surface area is 152 Å². The summed E-state index contributed by atoms with van der Waals surface area (Å²) in [6.07, 6.45) is 9.84. The van der Waals surface area contributed by atoms with E-state index in [1.54, 1.807) is 6.07 Å². The number of halogens is 1. The van der Waals surface area contributed by atoms with Crippen LogP contribution in [0.2, 0.25) is 0 Å². The Kier molecular flexibility index (Phi) is 6.29. The lowest BCUT2D eigenvalue weighted by Gasteiger charge is -2.26. The minimum atomic E-state index is -0.0785. The number of unbranched alkanes of at least 4 members (excludes halogenated alkanes) is 1. The minimum absolute atomic E-state index is 0.0785. The maximum atomic E-state index is 13.6. The predicted octanol–water partition coefficient (Wildman–Crippen LogP) is 6.99. The third-order valence-electron chi connectivity index (χ3n) is 5.88. The van der Waals surface area contributed by atoms with Crippen molar-refractivity contribution in [2.75, 3.05) is 0 Å². The third-order valence-corrected chi connectivity index (χ3v) is 5.88. The van der Waals surface area contributed by atoms with Crippen molar-refractivity contribution in [1.29, 1.82) is 0 Å². The van der Waals surface area contributed by atoms with Gasteiger partial charge in [0.05, 0.1) is 0 Å². The van der Waals surface area contributed by atoms with Crippen LogP contribution in [0.5, 0.6) is 0 Å². The van der Waals surface area contributed by atoms with Gasteiger partial charge >= 0.3 is 0 Å². The van der Waals surface area contributed by atoms with Crippen LogP contribution in [0, 0.1) is 18.7 Å². The number of aryl methyl sites for hydroxylation is 3. The van der Waals surface area contributed by atoms with E-state index in [1.165, 1.54) is 36.8 Å². The van der Waals surface area contributed by atoms with E-state index in [0.717, 1.165) is 48.6 Å². The van der Waals surface area contributed by atoms with Gasteiger partial charge in [-0.3, -0.25) is 0 Å². The first-order valence-corrected chi connectivity index (χ1v) is 9.95. The molecule has 0 aliphatic heterocycles. The molecule has 0 atom stereocenters. The molecular weight excluding hydrogens is 307 g/mol. The highest BCUT2D eigenvalue weighted by Gasteiger charge is 2.19. The summed E-state index contributed by atoms with van der Waals surface area (Å²) < 4.78 is 13.6. The highest BCUT2D eigenvalue weighted by atomic mass is 19.1. The van der Waals surface area contributed by atoms with E-state index < -0.39 is 0 Å². The van der Waals surface area contributed by atoms with Crippen LogP contribution in [-0.2, 0) is 12.8 Å². The second-order valence-corrected chi connectivity index (χ2v) is 7.99. The van der Waals surface area contributed by atoms with Gasteiger partial charge in [-0.05, 0) is 85.6 Å². The van der Waals surface area contributed by atoms with Crippen LogP contribution in [0.25, 0.3) is 0 Å². The molecule has 3 rings (SSSR count). The maximum Gasteiger partial charge on any atom is 0.126 e. The van der Waals surface area contributed by atoms with Crippen LogP contribution in [0.1, 0.15) is 73.6 Å². The summed E-state index contributed by atoms with van der Waals surface area (Å²) in [5, 5.41) is 0. The van der Waals surface area contributed by atoms with Crippen molar-refractivity contribution >= 4 is 0 Å². The van der Waals surface area contributed by atoms with Gasteiger partial charge in [-0.1, -0.05) is 56.2 Å². The summed E-state index contributed by atoms with van der Waals surface area (Å²) in [5.41, 5.74) is 4.81. The van der Waals surface area contributed by atoms with Gasteiger partial charge in [0.1, 0.15) is 5.82 Å². The Morgan fingerprint density at radius 3 is 2.08 bits per heavy atom. The molecule has 0 amide bonds. The molecule has 0 radical (unpaired) electrons. The van der Waals surface area contributed by atoms with Gasteiger partial charge in [-0.2, -0.15) is 0 Å². The fraction of sp³-hybridized carbons (Fsp3) is 0.500. The lowest BCUT2D eigenvalue weighted by molar-refractivity contribution is 0.348. The molecule has 0 bridgehead atoms. The van der Waals surface area contributed by atoms with Crippen LogP contribution in [-0.4, -0.2) is 0 Å². The molecule has 1 heteroatoms. The van der Waals surface area contributed by atoms with Crippen LogP contribution in [0.15, 0.2) is 42.5 Å². The lowest BCUT2D eigenvalue weighted by atomic mass is 9.79. The molecule has 1 aliphatic rings. The molecule has 0 nitrogen and oxygen atoms in total. The predicted molar refractivity (Wildman–Crippen MR) is 105 cm³/mol. The van der Waals surface area contributed by atoms with E-state index in [-0.39, 0.29) is 5.82 Å². The summed E-state index contributed by atoms with van der Waals surface area (Å²) in [7, 11) is 0. The molecule has 1 aliphatic carbocycles. The van der Waals surface area contributed by atoms with Crippen molar-refractivity contribution in [3.8, 4) is 0 Å². The van der Waals surface area contributed by atoms with Gasteiger partial charge in [0.15, 0.2) is 0 Å². The van der Waals surface area contributed by atoms with Crippen molar-refractivity contribution in [3.05, 3.63) is 70.5 Å². The average molecular weight is 339 g/mol. The molecule has 1 fully saturated rings. The zero-order valence-corrected chi connectivity index (χ0v) is 15.7. The van der Waals surface area contributed by atoms with Crippen molar-refractivity contribution < 1.29 is 4.39 Å². The van der Waals surface area contributed by atoms with Crippen LogP contribution in [0.4, 0.5) is 4.39 Å². The molecule has 0 aromatic heterocycles. The fourth-order valence-electron chi connectivity index (χ4n) is 4.00.